The summed E-state index contributed by atoms with van der Waals surface area (Å²) in [4.78, 5) is 17.1. The van der Waals surface area contributed by atoms with Crippen molar-refractivity contribution in [3.05, 3.63) is 23.9 Å². The van der Waals surface area contributed by atoms with Gasteiger partial charge in [-0.2, -0.15) is 0 Å². The van der Waals surface area contributed by atoms with E-state index >= 15 is 0 Å². The zero-order valence-electron chi connectivity index (χ0n) is 9.64. The van der Waals surface area contributed by atoms with E-state index in [1.165, 1.54) is 0 Å². The third kappa shape index (κ3) is 2.51. The van der Waals surface area contributed by atoms with E-state index in [9.17, 15) is 4.79 Å². The maximum atomic E-state index is 11.1. The number of hydrogen-bond acceptors (Lipinski definition) is 3. The zero-order valence-corrected chi connectivity index (χ0v) is 9.64. The molecule has 1 unspecified atom stereocenters. The summed E-state index contributed by atoms with van der Waals surface area (Å²) in [6, 6.07) is 3.84. The van der Waals surface area contributed by atoms with Gasteiger partial charge in [-0.25, -0.2) is 4.98 Å². The predicted octanol–water partition coefficient (Wildman–Crippen LogP) is 1.39. The third-order valence-corrected chi connectivity index (χ3v) is 2.76. The highest BCUT2D eigenvalue weighted by Gasteiger charge is 2.25. The van der Waals surface area contributed by atoms with Gasteiger partial charge in [0.1, 0.15) is 6.10 Å². The van der Waals surface area contributed by atoms with E-state index in [0.29, 0.717) is 12.4 Å². The molecule has 1 aliphatic rings. The number of aromatic nitrogens is 1. The van der Waals surface area contributed by atoms with Gasteiger partial charge in [0.05, 0.1) is 6.54 Å². The van der Waals surface area contributed by atoms with Crippen LogP contribution in [0.4, 0.5) is 0 Å². The van der Waals surface area contributed by atoms with Crippen LogP contribution in [0.1, 0.15) is 18.9 Å². The number of aryl methyl sites for hydroxylation is 1. The molecule has 0 radical (unpaired) electrons. The Kier molecular flexibility index (Phi) is 3.08. The molecular weight excluding hydrogens is 204 g/mol. The first-order valence-corrected chi connectivity index (χ1v) is 5.50. The van der Waals surface area contributed by atoms with Gasteiger partial charge in [0.2, 0.25) is 11.8 Å². The largest absolute Gasteiger partial charge is 0.472 e. The van der Waals surface area contributed by atoms with Crippen molar-refractivity contribution < 1.29 is 9.53 Å². The molecule has 2 rings (SSSR count). The summed E-state index contributed by atoms with van der Waals surface area (Å²) in [5.74, 6) is 0.754. The molecule has 1 aromatic heterocycles. The summed E-state index contributed by atoms with van der Waals surface area (Å²) < 4.78 is 5.71. The minimum absolute atomic E-state index is 0.0825. The zero-order chi connectivity index (χ0) is 11.5. The van der Waals surface area contributed by atoms with Gasteiger partial charge in [0.15, 0.2) is 0 Å². The minimum atomic E-state index is 0.0825. The van der Waals surface area contributed by atoms with Crippen molar-refractivity contribution in [3.63, 3.8) is 0 Å². The summed E-state index contributed by atoms with van der Waals surface area (Å²) in [7, 11) is 0. The van der Waals surface area contributed by atoms with Crippen molar-refractivity contribution >= 4 is 5.91 Å². The number of amides is 1. The SMILES string of the molecule is CC(=O)N1CCC(Oc2ccc(C)cn2)C1. The number of ether oxygens (including phenoxy) is 1. The Morgan fingerprint density at radius 1 is 1.56 bits per heavy atom. The average Bonchev–Trinajstić information content (AvgIpc) is 2.70. The van der Waals surface area contributed by atoms with Crippen LogP contribution in [-0.2, 0) is 4.79 Å². The molecule has 0 N–H and O–H groups in total. The minimum Gasteiger partial charge on any atom is -0.472 e. The molecule has 0 spiro atoms. The molecule has 1 aliphatic heterocycles. The first-order valence-electron chi connectivity index (χ1n) is 5.50. The van der Waals surface area contributed by atoms with Crippen LogP contribution in [0.15, 0.2) is 18.3 Å². The van der Waals surface area contributed by atoms with E-state index in [1.54, 1.807) is 18.0 Å². The molecule has 86 valence electrons. The molecule has 1 saturated heterocycles. The van der Waals surface area contributed by atoms with Crippen LogP contribution < -0.4 is 4.74 Å². The number of pyridine rings is 1. The Labute approximate surface area is 95.2 Å². The molecule has 4 heteroatoms. The molecule has 1 fully saturated rings. The lowest BCUT2D eigenvalue weighted by molar-refractivity contribution is -0.128. The Bertz CT molecular complexity index is 375. The Hall–Kier alpha value is -1.58. The number of carbonyl (C=O) groups excluding carboxylic acids is 1. The van der Waals surface area contributed by atoms with E-state index in [-0.39, 0.29) is 12.0 Å². The summed E-state index contributed by atoms with van der Waals surface area (Å²) >= 11 is 0. The fourth-order valence-corrected chi connectivity index (χ4v) is 1.81. The van der Waals surface area contributed by atoms with Gasteiger partial charge in [-0.05, 0) is 12.5 Å². The summed E-state index contributed by atoms with van der Waals surface area (Å²) in [6.45, 7) is 5.03. The Balaban J connectivity index is 1.92. The molecule has 1 aromatic rings. The van der Waals surface area contributed by atoms with Gasteiger partial charge in [-0.15, -0.1) is 0 Å². The average molecular weight is 220 g/mol. The molecule has 0 saturated carbocycles. The third-order valence-electron chi connectivity index (χ3n) is 2.76. The first kappa shape index (κ1) is 10.9. The number of hydrogen-bond donors (Lipinski definition) is 0. The number of nitrogens with zero attached hydrogens (tertiary/aromatic N) is 2. The number of rotatable bonds is 2. The molecule has 16 heavy (non-hydrogen) atoms. The summed E-state index contributed by atoms with van der Waals surface area (Å²) in [6.07, 6.45) is 2.75. The monoisotopic (exact) mass is 220 g/mol. The Morgan fingerprint density at radius 2 is 2.38 bits per heavy atom. The Morgan fingerprint density at radius 3 is 2.94 bits per heavy atom. The van der Waals surface area contributed by atoms with Crippen LogP contribution >= 0.6 is 0 Å². The van der Waals surface area contributed by atoms with Crippen molar-refractivity contribution in [3.8, 4) is 5.88 Å². The normalized spacial score (nSPS) is 19.9. The lowest BCUT2D eigenvalue weighted by Crippen LogP contribution is -2.28. The standard InChI is InChI=1S/C12H16N2O2/c1-9-3-4-12(13-7-9)16-11-5-6-14(8-11)10(2)15/h3-4,7,11H,5-6,8H2,1-2H3. The van der Waals surface area contributed by atoms with E-state index < -0.39 is 0 Å². The lowest BCUT2D eigenvalue weighted by Gasteiger charge is -2.14. The number of likely N-dealkylation sites (tertiary alicyclic amines) is 1. The molecule has 0 aliphatic carbocycles. The van der Waals surface area contributed by atoms with Crippen LogP contribution in [-0.4, -0.2) is 35.0 Å². The number of carbonyl (C=O) groups is 1. The summed E-state index contributed by atoms with van der Waals surface area (Å²) in [5.41, 5.74) is 1.11. The molecular formula is C12H16N2O2. The van der Waals surface area contributed by atoms with Gasteiger partial charge in [-0.1, -0.05) is 6.07 Å². The quantitative estimate of drug-likeness (QED) is 0.756. The molecule has 0 bridgehead atoms. The second-order valence-corrected chi connectivity index (χ2v) is 4.17. The van der Waals surface area contributed by atoms with Gasteiger partial charge in [0, 0.05) is 32.2 Å². The van der Waals surface area contributed by atoms with Crippen molar-refractivity contribution in [2.24, 2.45) is 0 Å². The lowest BCUT2D eigenvalue weighted by atomic mass is 10.3. The van der Waals surface area contributed by atoms with E-state index in [0.717, 1.165) is 18.5 Å². The van der Waals surface area contributed by atoms with Gasteiger partial charge in [0.25, 0.3) is 0 Å². The van der Waals surface area contributed by atoms with E-state index in [2.05, 4.69) is 4.98 Å². The van der Waals surface area contributed by atoms with Crippen LogP contribution in [0.5, 0.6) is 5.88 Å². The highest BCUT2D eigenvalue weighted by Crippen LogP contribution is 2.16. The molecule has 0 aromatic carbocycles. The summed E-state index contributed by atoms with van der Waals surface area (Å²) in [5, 5.41) is 0. The van der Waals surface area contributed by atoms with Crippen LogP contribution in [0.2, 0.25) is 0 Å². The smallest absolute Gasteiger partial charge is 0.219 e. The topological polar surface area (TPSA) is 42.4 Å². The molecule has 4 nitrogen and oxygen atoms in total. The molecule has 1 amide bonds. The van der Waals surface area contributed by atoms with Crippen molar-refractivity contribution in [1.29, 1.82) is 0 Å². The van der Waals surface area contributed by atoms with E-state index in [4.69, 9.17) is 4.74 Å². The highest BCUT2D eigenvalue weighted by molar-refractivity contribution is 5.73. The van der Waals surface area contributed by atoms with Crippen molar-refractivity contribution in [2.45, 2.75) is 26.4 Å². The van der Waals surface area contributed by atoms with Gasteiger partial charge < -0.3 is 9.64 Å². The van der Waals surface area contributed by atoms with Crippen LogP contribution in [0.25, 0.3) is 0 Å². The maximum absolute atomic E-state index is 11.1. The van der Waals surface area contributed by atoms with Crippen LogP contribution in [0.3, 0.4) is 0 Å². The fraction of sp³-hybridized carbons (Fsp3) is 0.500. The van der Waals surface area contributed by atoms with Crippen molar-refractivity contribution in [2.75, 3.05) is 13.1 Å². The second-order valence-electron chi connectivity index (χ2n) is 4.17. The van der Waals surface area contributed by atoms with E-state index in [1.807, 2.05) is 19.1 Å². The molecule has 1 atom stereocenters. The van der Waals surface area contributed by atoms with Gasteiger partial charge in [-0.3, -0.25) is 4.79 Å². The maximum Gasteiger partial charge on any atom is 0.219 e. The predicted molar refractivity (Wildman–Crippen MR) is 60.3 cm³/mol. The van der Waals surface area contributed by atoms with Gasteiger partial charge >= 0.3 is 0 Å². The fourth-order valence-electron chi connectivity index (χ4n) is 1.81. The second kappa shape index (κ2) is 4.51. The molecule has 2 heterocycles. The van der Waals surface area contributed by atoms with Crippen LogP contribution in [0, 0.1) is 6.92 Å². The van der Waals surface area contributed by atoms with Crippen molar-refractivity contribution in [1.82, 2.24) is 9.88 Å². The first-order chi connectivity index (χ1) is 7.65. The highest BCUT2D eigenvalue weighted by atomic mass is 16.5.